The normalized spacial score (nSPS) is 12.6. The number of ether oxygens (including phenoxy) is 4. The van der Waals surface area contributed by atoms with Crippen LogP contribution in [0, 0.1) is 0 Å². The van der Waals surface area contributed by atoms with Gasteiger partial charge in [0.05, 0.1) is 68.6 Å². The first kappa shape index (κ1) is 42.4. The molecule has 14 nitrogen and oxygen atoms in total. The number of rotatable bonds is 23. The van der Waals surface area contributed by atoms with Crippen LogP contribution >= 0.6 is 23.2 Å². The molecule has 1 unspecified atom stereocenters. The number of halogens is 2. The van der Waals surface area contributed by atoms with Crippen LogP contribution in [-0.4, -0.2) is 105 Å². The van der Waals surface area contributed by atoms with E-state index in [-0.39, 0.29) is 65.6 Å². The van der Waals surface area contributed by atoms with Gasteiger partial charge in [0.15, 0.2) is 5.75 Å². The zero-order chi connectivity index (χ0) is 36.9. The lowest BCUT2D eigenvalue weighted by Gasteiger charge is -2.20. The maximum atomic E-state index is 13.2. The zero-order valence-corrected chi connectivity index (χ0v) is 30.4. The Morgan fingerprint density at radius 3 is 2.16 bits per heavy atom. The van der Waals surface area contributed by atoms with Gasteiger partial charge in [0, 0.05) is 38.5 Å². The molecule has 1 aromatic carbocycles. The van der Waals surface area contributed by atoms with Crippen molar-refractivity contribution in [2.75, 3.05) is 65.9 Å². The average Bonchev–Trinajstić information content (AvgIpc) is 3.10. The number of hydrogen-bond donors (Lipinski definition) is 4. The number of aliphatic hydroxyl groups is 1. The van der Waals surface area contributed by atoms with E-state index in [1.807, 2.05) is 0 Å². The highest BCUT2D eigenvalue weighted by atomic mass is 35.5. The van der Waals surface area contributed by atoms with Gasteiger partial charge in [-0.25, -0.2) is 4.68 Å². The minimum atomic E-state index is -1.02. The molecular weight excluding hydrogens is 693 g/mol. The van der Waals surface area contributed by atoms with Gasteiger partial charge in [-0.2, -0.15) is 5.10 Å². The average molecular weight is 741 g/mol. The van der Waals surface area contributed by atoms with Crippen molar-refractivity contribution in [1.82, 2.24) is 25.7 Å². The molecule has 0 saturated carbocycles. The van der Waals surface area contributed by atoms with E-state index >= 15 is 0 Å². The molecular formula is C34H47Cl2N5O9. The highest BCUT2D eigenvalue weighted by Crippen LogP contribution is 2.27. The number of allylic oxidation sites excluding steroid dienone is 2. The summed E-state index contributed by atoms with van der Waals surface area (Å²) in [5.74, 6) is -0.940. The number of carbonyl (C=O) groups is 3. The van der Waals surface area contributed by atoms with E-state index in [0.29, 0.717) is 62.7 Å². The third-order valence-electron chi connectivity index (χ3n) is 6.97. The maximum absolute atomic E-state index is 13.2. The molecule has 50 heavy (non-hydrogen) atoms. The van der Waals surface area contributed by atoms with Crippen molar-refractivity contribution in [2.45, 2.75) is 39.7 Å². The summed E-state index contributed by atoms with van der Waals surface area (Å²) in [7, 11) is 1.53. The van der Waals surface area contributed by atoms with Gasteiger partial charge in [0.1, 0.15) is 12.6 Å². The fourth-order valence-electron chi connectivity index (χ4n) is 4.42. The molecule has 0 spiro atoms. The van der Waals surface area contributed by atoms with Crippen LogP contribution < -0.4 is 26.2 Å². The predicted molar refractivity (Wildman–Crippen MR) is 190 cm³/mol. The SMILES string of the molecule is C/C=C(Cl)\C(C(=O)NC(Cc1ccc(-c2c(OCCOCCOCCOCCNC(C)=O)cnn(C)c2=O)cc1)C(=O)NCCO)=C(\Cl)CC. The van der Waals surface area contributed by atoms with Gasteiger partial charge >= 0.3 is 0 Å². The molecule has 0 aliphatic heterocycles. The topological polar surface area (TPSA) is 179 Å². The van der Waals surface area contributed by atoms with Crippen molar-refractivity contribution >= 4 is 40.9 Å². The van der Waals surface area contributed by atoms with Gasteiger partial charge in [-0.1, -0.05) is 60.5 Å². The molecule has 0 radical (unpaired) electrons. The highest BCUT2D eigenvalue weighted by Gasteiger charge is 2.25. The van der Waals surface area contributed by atoms with Gasteiger partial charge in [-0.05, 0) is 24.5 Å². The van der Waals surface area contributed by atoms with Gasteiger partial charge in [-0.15, -0.1) is 0 Å². The first-order valence-electron chi connectivity index (χ1n) is 16.2. The largest absolute Gasteiger partial charge is 0.489 e. The Bertz CT molecular complexity index is 1510. The Hall–Kier alpha value is -3.79. The number of aryl methyl sites for hydroxylation is 1. The summed E-state index contributed by atoms with van der Waals surface area (Å²) in [5.41, 5.74) is 1.25. The highest BCUT2D eigenvalue weighted by molar-refractivity contribution is 6.39. The van der Waals surface area contributed by atoms with Gasteiger partial charge in [0.25, 0.3) is 11.5 Å². The second kappa shape index (κ2) is 23.6. The molecule has 2 aromatic rings. The number of nitrogens with zero attached hydrogens (tertiary/aromatic N) is 2. The molecule has 0 saturated heterocycles. The minimum Gasteiger partial charge on any atom is -0.489 e. The zero-order valence-electron chi connectivity index (χ0n) is 28.9. The molecule has 1 atom stereocenters. The van der Waals surface area contributed by atoms with E-state index in [4.69, 9.17) is 42.1 Å². The molecule has 2 rings (SSSR count). The summed E-state index contributed by atoms with van der Waals surface area (Å²) in [6.07, 6.45) is 3.45. The van der Waals surface area contributed by atoms with Gasteiger partial charge in [-0.3, -0.25) is 19.2 Å². The van der Waals surface area contributed by atoms with Crippen LogP contribution in [0.3, 0.4) is 0 Å². The number of benzene rings is 1. The quantitative estimate of drug-likeness (QED) is 0.0750. The van der Waals surface area contributed by atoms with Crippen molar-refractivity contribution in [3.8, 4) is 16.9 Å². The van der Waals surface area contributed by atoms with Crippen LogP contribution in [0.5, 0.6) is 5.75 Å². The molecule has 0 bridgehead atoms. The minimum absolute atomic E-state index is 0.00354. The van der Waals surface area contributed by atoms with E-state index in [9.17, 15) is 24.3 Å². The Balaban J connectivity index is 2.04. The lowest BCUT2D eigenvalue weighted by molar-refractivity contribution is -0.127. The van der Waals surface area contributed by atoms with Crippen molar-refractivity contribution in [1.29, 1.82) is 0 Å². The predicted octanol–water partition coefficient (Wildman–Crippen LogP) is 2.19. The molecule has 0 aliphatic carbocycles. The first-order chi connectivity index (χ1) is 24.0. The summed E-state index contributed by atoms with van der Waals surface area (Å²) in [5, 5.41) is 21.6. The van der Waals surface area contributed by atoms with Gasteiger partial charge < -0.3 is 40.0 Å². The molecule has 0 fully saturated rings. The Kier molecular flexibility index (Phi) is 20.0. The molecule has 0 aliphatic rings. The fraction of sp³-hybridized carbons (Fsp3) is 0.500. The van der Waals surface area contributed by atoms with Crippen LogP contribution in [0.25, 0.3) is 11.1 Å². The molecule has 276 valence electrons. The monoisotopic (exact) mass is 739 g/mol. The molecule has 4 N–H and O–H groups in total. The second-order valence-corrected chi connectivity index (χ2v) is 11.6. The molecule has 1 aromatic heterocycles. The summed E-state index contributed by atoms with van der Waals surface area (Å²) >= 11 is 12.6. The van der Waals surface area contributed by atoms with Gasteiger partial charge in [0.2, 0.25) is 11.8 Å². The van der Waals surface area contributed by atoms with Crippen LogP contribution in [0.4, 0.5) is 0 Å². The standard InChI is InChI=1S/C34H47Cl2N5O9/c1-5-26(35)31(27(36)6-2)33(45)40-28(32(44)38-11-13-42)21-24-7-9-25(10-8-24)30-29(22-39-41(4)34(30)46)50-20-19-49-18-17-48-16-15-47-14-12-37-23(3)43/h5,7-10,22,28,42H,6,11-21H2,1-4H3,(H,37,43)(H,38,44)(H,40,45)/b26-5+,31-27-. The number of amides is 3. The van der Waals surface area contributed by atoms with E-state index in [1.54, 1.807) is 38.1 Å². The van der Waals surface area contributed by atoms with Crippen LogP contribution in [0.2, 0.25) is 0 Å². The third-order valence-corrected chi connectivity index (χ3v) is 7.83. The fourth-order valence-corrected chi connectivity index (χ4v) is 4.85. The molecule has 3 amide bonds. The lowest BCUT2D eigenvalue weighted by atomic mass is 10.00. The number of hydrogen-bond acceptors (Lipinski definition) is 10. The second-order valence-electron chi connectivity index (χ2n) is 10.7. The van der Waals surface area contributed by atoms with Crippen molar-refractivity contribution < 1.29 is 38.4 Å². The van der Waals surface area contributed by atoms with E-state index in [2.05, 4.69) is 21.0 Å². The lowest BCUT2D eigenvalue weighted by Crippen LogP contribution is -2.49. The number of aliphatic hydroxyl groups excluding tert-OH is 1. The van der Waals surface area contributed by atoms with E-state index < -0.39 is 17.9 Å². The van der Waals surface area contributed by atoms with Crippen LogP contribution in [-0.2, 0) is 42.1 Å². The Labute approximate surface area is 302 Å². The number of aromatic nitrogens is 2. The van der Waals surface area contributed by atoms with Crippen LogP contribution in [0.1, 0.15) is 32.8 Å². The first-order valence-corrected chi connectivity index (χ1v) is 17.0. The van der Waals surface area contributed by atoms with Crippen molar-refractivity contribution in [3.05, 3.63) is 68.1 Å². The molecule has 16 heteroatoms. The third kappa shape index (κ3) is 14.6. The van der Waals surface area contributed by atoms with Crippen molar-refractivity contribution in [2.24, 2.45) is 7.05 Å². The summed E-state index contributed by atoms with van der Waals surface area (Å²) in [4.78, 5) is 50.2. The van der Waals surface area contributed by atoms with Crippen molar-refractivity contribution in [3.63, 3.8) is 0 Å². The van der Waals surface area contributed by atoms with E-state index in [1.165, 1.54) is 30.9 Å². The number of nitrogens with one attached hydrogen (secondary N) is 3. The van der Waals surface area contributed by atoms with E-state index in [0.717, 1.165) is 0 Å². The summed E-state index contributed by atoms with van der Waals surface area (Å²) < 4.78 is 23.4. The summed E-state index contributed by atoms with van der Waals surface area (Å²) in [6.45, 7) is 7.38. The number of carbonyl (C=O) groups excluding carboxylic acids is 3. The Morgan fingerprint density at radius 2 is 1.58 bits per heavy atom. The summed E-state index contributed by atoms with van der Waals surface area (Å²) in [6, 6.07) is 5.89. The smallest absolute Gasteiger partial charge is 0.278 e. The maximum Gasteiger partial charge on any atom is 0.278 e. The molecule has 1 heterocycles. The Morgan fingerprint density at radius 1 is 0.960 bits per heavy atom. The van der Waals surface area contributed by atoms with Crippen LogP contribution in [0.15, 0.2) is 57.0 Å².